The topological polar surface area (TPSA) is 79.7 Å². The average molecular weight is 475 g/mol. The number of aromatic nitrogens is 2. The zero-order chi connectivity index (χ0) is 23.4. The van der Waals surface area contributed by atoms with Gasteiger partial charge in [-0.1, -0.05) is 37.8 Å². The van der Waals surface area contributed by atoms with Gasteiger partial charge in [0.2, 0.25) is 15.0 Å². The van der Waals surface area contributed by atoms with Gasteiger partial charge in [-0.2, -0.15) is 0 Å². The van der Waals surface area contributed by atoms with E-state index >= 15 is 0 Å². The molecule has 0 atom stereocenters. The molecular formula is C23H30N2O5SSi. The number of rotatable bonds is 10. The Morgan fingerprint density at radius 2 is 1.66 bits per heavy atom. The molecule has 7 nitrogen and oxygen atoms in total. The van der Waals surface area contributed by atoms with Crippen molar-refractivity contribution >= 4 is 17.9 Å². The molecule has 0 fully saturated rings. The van der Waals surface area contributed by atoms with Crippen molar-refractivity contribution in [3.05, 3.63) is 54.7 Å². The van der Waals surface area contributed by atoms with Crippen LogP contribution >= 0.6 is 0 Å². The number of methoxy groups -OCH3 is 2. The van der Waals surface area contributed by atoms with Gasteiger partial charge in [-0.25, -0.2) is 13.4 Å². The maximum atomic E-state index is 13.3. The SMILES string of the molecule is COc1ccc(-c2cnc(S(=O)(=O)c3ccccc3)n2COCC[Si](C)(C)C)cc1OC. The summed E-state index contributed by atoms with van der Waals surface area (Å²) in [6.07, 6.45) is 1.55. The van der Waals surface area contributed by atoms with E-state index in [4.69, 9.17) is 14.2 Å². The first-order chi connectivity index (χ1) is 15.2. The molecule has 0 unspecified atom stereocenters. The molecule has 3 aromatic rings. The quantitative estimate of drug-likeness (QED) is 0.313. The van der Waals surface area contributed by atoms with E-state index in [1.807, 2.05) is 6.07 Å². The summed E-state index contributed by atoms with van der Waals surface area (Å²) in [7, 11) is -1.98. The van der Waals surface area contributed by atoms with Crippen LogP contribution in [-0.4, -0.2) is 46.9 Å². The van der Waals surface area contributed by atoms with Gasteiger partial charge >= 0.3 is 0 Å². The number of imidazole rings is 1. The molecule has 0 N–H and O–H groups in total. The summed E-state index contributed by atoms with van der Waals surface area (Å²) in [5.74, 6) is 1.13. The zero-order valence-electron chi connectivity index (χ0n) is 19.2. The lowest BCUT2D eigenvalue weighted by molar-refractivity contribution is 0.0820. The third-order valence-electron chi connectivity index (χ3n) is 5.01. The second kappa shape index (κ2) is 9.89. The Kier molecular flexibility index (Phi) is 7.42. The first kappa shape index (κ1) is 24.0. The van der Waals surface area contributed by atoms with Gasteiger partial charge in [-0.3, -0.25) is 4.57 Å². The van der Waals surface area contributed by atoms with E-state index in [9.17, 15) is 8.42 Å². The Morgan fingerprint density at radius 3 is 2.28 bits per heavy atom. The molecule has 0 aliphatic rings. The van der Waals surface area contributed by atoms with Gasteiger partial charge < -0.3 is 14.2 Å². The third kappa shape index (κ3) is 5.40. The highest BCUT2D eigenvalue weighted by Crippen LogP contribution is 2.34. The summed E-state index contributed by atoms with van der Waals surface area (Å²) in [4.78, 5) is 4.49. The smallest absolute Gasteiger partial charge is 0.240 e. The van der Waals surface area contributed by atoms with Crippen molar-refractivity contribution in [2.24, 2.45) is 0 Å². The molecule has 32 heavy (non-hydrogen) atoms. The third-order valence-corrected chi connectivity index (χ3v) is 8.41. The normalized spacial score (nSPS) is 12.0. The minimum atomic E-state index is -3.83. The molecule has 172 valence electrons. The predicted molar refractivity (Wildman–Crippen MR) is 127 cm³/mol. The predicted octanol–water partition coefficient (Wildman–Crippen LogP) is 4.71. The van der Waals surface area contributed by atoms with Crippen LogP contribution in [0.5, 0.6) is 11.5 Å². The standard InChI is InChI=1S/C23H30N2O5SSi/c1-28-21-12-11-18(15-22(21)29-2)20-16-24-23(25(20)17-30-13-14-32(3,4)5)31(26,27)19-9-7-6-8-10-19/h6-12,15-16H,13-14,17H2,1-5H3. The zero-order valence-corrected chi connectivity index (χ0v) is 21.0. The molecule has 0 aliphatic carbocycles. The van der Waals surface area contributed by atoms with Gasteiger partial charge in [-0.15, -0.1) is 0 Å². The van der Waals surface area contributed by atoms with Crippen molar-refractivity contribution in [3.8, 4) is 22.8 Å². The Bertz CT molecular complexity index is 1150. The molecule has 0 bridgehead atoms. The van der Waals surface area contributed by atoms with E-state index in [0.29, 0.717) is 23.8 Å². The van der Waals surface area contributed by atoms with Gasteiger partial charge in [0, 0.05) is 20.2 Å². The molecule has 2 aromatic carbocycles. The van der Waals surface area contributed by atoms with Crippen molar-refractivity contribution < 1.29 is 22.6 Å². The van der Waals surface area contributed by atoms with Crippen LogP contribution in [0.4, 0.5) is 0 Å². The first-order valence-corrected chi connectivity index (χ1v) is 15.5. The van der Waals surface area contributed by atoms with Crippen LogP contribution in [0.25, 0.3) is 11.3 Å². The average Bonchev–Trinajstić information content (AvgIpc) is 3.21. The molecular weight excluding hydrogens is 444 g/mol. The Balaban J connectivity index is 2.04. The lowest BCUT2D eigenvalue weighted by atomic mass is 10.1. The van der Waals surface area contributed by atoms with Gasteiger partial charge in [0.25, 0.3) is 0 Å². The molecule has 0 spiro atoms. The van der Waals surface area contributed by atoms with E-state index in [2.05, 4.69) is 24.6 Å². The summed E-state index contributed by atoms with van der Waals surface area (Å²) < 4.78 is 44.9. The fourth-order valence-corrected chi connectivity index (χ4v) is 5.28. The highest BCUT2D eigenvalue weighted by atomic mass is 32.2. The van der Waals surface area contributed by atoms with Crippen LogP contribution in [-0.2, 0) is 21.3 Å². The van der Waals surface area contributed by atoms with Gasteiger partial charge in [0.05, 0.1) is 31.0 Å². The number of nitrogens with zero attached hydrogens (tertiary/aromatic N) is 2. The summed E-state index contributed by atoms with van der Waals surface area (Å²) in [5.41, 5.74) is 1.37. The number of ether oxygens (including phenoxy) is 3. The summed E-state index contributed by atoms with van der Waals surface area (Å²) in [5, 5.41) is -0.0542. The van der Waals surface area contributed by atoms with Crippen LogP contribution in [0, 0.1) is 0 Å². The Hall–Kier alpha value is -2.62. The van der Waals surface area contributed by atoms with Crippen molar-refractivity contribution in [1.29, 1.82) is 0 Å². The van der Waals surface area contributed by atoms with Crippen LogP contribution in [0.15, 0.2) is 64.8 Å². The van der Waals surface area contributed by atoms with E-state index < -0.39 is 17.9 Å². The minimum absolute atomic E-state index is 0.0542. The highest BCUT2D eigenvalue weighted by molar-refractivity contribution is 7.91. The van der Waals surface area contributed by atoms with Gasteiger partial charge in [0.15, 0.2) is 11.5 Å². The molecule has 1 heterocycles. The lowest BCUT2D eigenvalue weighted by Gasteiger charge is -2.17. The number of benzene rings is 2. The maximum absolute atomic E-state index is 13.3. The number of hydrogen-bond donors (Lipinski definition) is 0. The summed E-state index contributed by atoms with van der Waals surface area (Å²) in [6.45, 7) is 7.45. The monoisotopic (exact) mass is 474 g/mol. The highest BCUT2D eigenvalue weighted by Gasteiger charge is 2.26. The first-order valence-electron chi connectivity index (χ1n) is 10.3. The molecule has 1 aromatic heterocycles. The summed E-state index contributed by atoms with van der Waals surface area (Å²) in [6, 6.07) is 14.7. The van der Waals surface area contributed by atoms with E-state index in [-0.39, 0.29) is 16.8 Å². The van der Waals surface area contributed by atoms with Crippen LogP contribution in [0.2, 0.25) is 25.7 Å². The van der Waals surface area contributed by atoms with E-state index in [1.165, 1.54) is 0 Å². The molecule has 0 aliphatic heterocycles. The Morgan fingerprint density at radius 1 is 0.969 bits per heavy atom. The van der Waals surface area contributed by atoms with Crippen molar-refractivity contribution in [1.82, 2.24) is 9.55 Å². The molecule has 0 saturated heterocycles. The number of hydrogen-bond acceptors (Lipinski definition) is 6. The van der Waals surface area contributed by atoms with Gasteiger partial charge in [0.1, 0.15) is 6.73 Å². The Labute approximate surface area is 190 Å². The van der Waals surface area contributed by atoms with Crippen LogP contribution in [0.1, 0.15) is 0 Å². The molecule has 0 amide bonds. The second-order valence-corrected chi connectivity index (χ2v) is 16.1. The van der Waals surface area contributed by atoms with Crippen molar-refractivity contribution in [3.63, 3.8) is 0 Å². The fraction of sp³-hybridized carbons (Fsp3) is 0.348. The lowest BCUT2D eigenvalue weighted by Crippen LogP contribution is -2.22. The summed E-state index contributed by atoms with van der Waals surface area (Å²) >= 11 is 0. The molecule has 0 radical (unpaired) electrons. The number of sulfone groups is 1. The second-order valence-electron chi connectivity index (χ2n) is 8.59. The molecule has 0 saturated carbocycles. The fourth-order valence-electron chi connectivity index (χ4n) is 3.16. The van der Waals surface area contributed by atoms with Crippen molar-refractivity contribution in [2.75, 3.05) is 20.8 Å². The largest absolute Gasteiger partial charge is 0.493 e. The van der Waals surface area contributed by atoms with Crippen molar-refractivity contribution in [2.45, 2.75) is 42.5 Å². The van der Waals surface area contributed by atoms with Crippen LogP contribution < -0.4 is 9.47 Å². The van der Waals surface area contributed by atoms with E-state index in [0.717, 1.165) is 11.6 Å². The van der Waals surface area contributed by atoms with Gasteiger partial charge in [-0.05, 0) is 36.4 Å². The minimum Gasteiger partial charge on any atom is -0.493 e. The molecule has 9 heteroatoms. The van der Waals surface area contributed by atoms with E-state index in [1.54, 1.807) is 67.4 Å². The van der Waals surface area contributed by atoms with Crippen LogP contribution in [0.3, 0.4) is 0 Å². The molecule has 3 rings (SSSR count). The maximum Gasteiger partial charge on any atom is 0.240 e.